The van der Waals surface area contributed by atoms with Gasteiger partial charge in [0.05, 0.1) is 22.2 Å². The molecule has 3 saturated carbocycles. The van der Waals surface area contributed by atoms with E-state index in [4.69, 9.17) is 16.3 Å². The van der Waals surface area contributed by atoms with E-state index in [0.29, 0.717) is 37.7 Å². The summed E-state index contributed by atoms with van der Waals surface area (Å²) in [6.07, 6.45) is 2.05. The quantitative estimate of drug-likeness (QED) is 0.627. The first-order valence-electron chi connectivity index (χ1n) is 9.73. The molecule has 30 heavy (non-hydrogen) atoms. The van der Waals surface area contributed by atoms with Gasteiger partial charge in [-0.05, 0) is 55.7 Å². The summed E-state index contributed by atoms with van der Waals surface area (Å²) in [6, 6.07) is 5.74. The third-order valence-electron chi connectivity index (χ3n) is 6.13. The summed E-state index contributed by atoms with van der Waals surface area (Å²) in [5.41, 5.74) is -0.571. The fourth-order valence-corrected chi connectivity index (χ4v) is 5.15. The number of benzene rings is 1. The van der Waals surface area contributed by atoms with Crippen LogP contribution in [0.25, 0.3) is 0 Å². The number of amides is 2. The van der Waals surface area contributed by atoms with Crippen LogP contribution >= 0.6 is 22.9 Å². The van der Waals surface area contributed by atoms with Gasteiger partial charge in [0.1, 0.15) is 11.6 Å². The zero-order chi connectivity index (χ0) is 21.4. The van der Waals surface area contributed by atoms with Crippen molar-refractivity contribution in [3.63, 3.8) is 0 Å². The number of aliphatic hydroxyl groups is 1. The fourth-order valence-electron chi connectivity index (χ4n) is 4.40. The summed E-state index contributed by atoms with van der Waals surface area (Å²) >= 11 is 7.10. The minimum absolute atomic E-state index is 0.0206. The largest absolute Gasteiger partial charge is 0.484 e. The topological polar surface area (TPSA) is 87.7 Å². The van der Waals surface area contributed by atoms with Gasteiger partial charge in [-0.25, -0.2) is 4.39 Å². The van der Waals surface area contributed by atoms with Crippen molar-refractivity contribution in [3.8, 4) is 5.75 Å². The van der Waals surface area contributed by atoms with E-state index in [-0.39, 0.29) is 29.2 Å². The van der Waals surface area contributed by atoms with Crippen LogP contribution in [0.2, 0.25) is 5.02 Å². The number of thiophene rings is 1. The second-order valence-corrected chi connectivity index (χ2v) is 9.22. The third kappa shape index (κ3) is 4.17. The first-order valence-corrected chi connectivity index (χ1v) is 11.0. The Bertz CT molecular complexity index is 944. The predicted octanol–water partition coefficient (Wildman–Crippen LogP) is 3.28. The van der Waals surface area contributed by atoms with Gasteiger partial charge < -0.3 is 20.5 Å². The van der Waals surface area contributed by atoms with Gasteiger partial charge >= 0.3 is 0 Å². The highest BCUT2D eigenvalue weighted by molar-refractivity contribution is 7.08. The molecule has 3 fully saturated rings. The summed E-state index contributed by atoms with van der Waals surface area (Å²) in [7, 11) is 0. The lowest BCUT2D eigenvalue weighted by molar-refractivity contribution is -0.132. The molecule has 3 aliphatic carbocycles. The maximum atomic E-state index is 13.5. The Balaban J connectivity index is 1.34. The van der Waals surface area contributed by atoms with Crippen LogP contribution in [-0.4, -0.2) is 40.7 Å². The maximum Gasteiger partial charge on any atom is 0.258 e. The van der Waals surface area contributed by atoms with Crippen LogP contribution in [0.5, 0.6) is 5.75 Å². The Hall–Kier alpha value is -2.16. The normalized spacial score (nSPS) is 27.5. The zero-order valence-electron chi connectivity index (χ0n) is 16.1. The molecule has 1 heterocycles. The highest BCUT2D eigenvalue weighted by Gasteiger charge is 2.55. The Kier molecular flexibility index (Phi) is 5.74. The second-order valence-electron chi connectivity index (χ2n) is 8.04. The number of hydrogen-bond donors (Lipinski definition) is 3. The summed E-state index contributed by atoms with van der Waals surface area (Å²) in [5, 5.41) is 20.4. The molecule has 2 bridgehead atoms. The molecule has 2 amide bonds. The molecule has 6 nitrogen and oxygen atoms in total. The number of ether oxygens (including phenoxy) is 1. The number of carbonyl (C=O) groups is 2. The molecule has 1 unspecified atom stereocenters. The molecule has 2 aromatic rings. The molecule has 0 saturated heterocycles. The average molecular weight is 453 g/mol. The van der Waals surface area contributed by atoms with Crippen molar-refractivity contribution in [3.05, 3.63) is 51.4 Å². The first kappa shape index (κ1) is 21.1. The third-order valence-corrected chi connectivity index (χ3v) is 7.12. The molecule has 0 aliphatic heterocycles. The molecule has 1 atom stereocenters. The molecule has 0 radical (unpaired) electrons. The van der Waals surface area contributed by atoms with Crippen LogP contribution in [0, 0.1) is 5.82 Å². The molecular weight excluding hydrogens is 431 g/mol. The summed E-state index contributed by atoms with van der Waals surface area (Å²) in [6.45, 7) is -0.296. The minimum Gasteiger partial charge on any atom is -0.484 e. The molecule has 0 spiro atoms. The average Bonchev–Trinajstić information content (AvgIpc) is 3.25. The molecule has 9 heteroatoms. The smallest absolute Gasteiger partial charge is 0.258 e. The lowest BCUT2D eigenvalue weighted by atomic mass is 9.60. The SMILES string of the molecule is O=C(COc1ccc(Cl)c(F)c1)NC12CCC(NC(=O)c3ccsc3)(CC1)CC2O. The highest BCUT2D eigenvalue weighted by Crippen LogP contribution is 2.47. The molecule has 160 valence electrons. The monoisotopic (exact) mass is 452 g/mol. The van der Waals surface area contributed by atoms with E-state index >= 15 is 0 Å². The van der Waals surface area contributed by atoms with Crippen LogP contribution in [0.15, 0.2) is 35.0 Å². The van der Waals surface area contributed by atoms with E-state index in [1.807, 2.05) is 5.38 Å². The van der Waals surface area contributed by atoms with Crippen LogP contribution in [-0.2, 0) is 4.79 Å². The van der Waals surface area contributed by atoms with Crippen molar-refractivity contribution < 1.29 is 23.8 Å². The molecule has 1 aromatic carbocycles. The number of hydrogen-bond acceptors (Lipinski definition) is 5. The van der Waals surface area contributed by atoms with Crippen molar-refractivity contribution in [1.29, 1.82) is 0 Å². The molecule has 1 aromatic heterocycles. The van der Waals surface area contributed by atoms with Crippen molar-refractivity contribution in [2.24, 2.45) is 0 Å². The van der Waals surface area contributed by atoms with Gasteiger partial charge in [0.2, 0.25) is 0 Å². The number of carbonyl (C=O) groups excluding carboxylic acids is 2. The molecule has 3 N–H and O–H groups in total. The van der Waals surface area contributed by atoms with Gasteiger partial charge in [-0.2, -0.15) is 11.3 Å². The van der Waals surface area contributed by atoms with Crippen LogP contribution in [0.3, 0.4) is 0 Å². The molecule has 3 aliphatic rings. The van der Waals surface area contributed by atoms with Crippen LogP contribution in [0.1, 0.15) is 42.5 Å². The highest BCUT2D eigenvalue weighted by atomic mass is 35.5. The standard InChI is InChI=1S/C21H22ClFN2O4S/c22-15-2-1-14(9-16(15)23)29-11-18(27)24-21-6-4-20(5-7-21,10-17(21)26)25-19(28)13-3-8-30-12-13/h1-3,8-9,12,17,26H,4-7,10-11H2,(H,24,27)(H,25,28). The summed E-state index contributed by atoms with van der Waals surface area (Å²) in [5.74, 6) is -0.942. The molecular formula is C21H22ClFN2O4S. The first-order chi connectivity index (χ1) is 14.3. The van der Waals surface area contributed by atoms with Crippen LogP contribution < -0.4 is 15.4 Å². The summed E-state index contributed by atoms with van der Waals surface area (Å²) < 4.78 is 18.8. The van der Waals surface area contributed by atoms with E-state index in [1.165, 1.54) is 23.5 Å². The van der Waals surface area contributed by atoms with Gasteiger partial charge in [0.25, 0.3) is 11.8 Å². The second kappa shape index (κ2) is 8.17. The van der Waals surface area contributed by atoms with Gasteiger partial charge in [0, 0.05) is 17.0 Å². The minimum atomic E-state index is -0.778. The Labute approximate surface area is 182 Å². The van der Waals surface area contributed by atoms with Gasteiger partial charge in [0.15, 0.2) is 6.61 Å². The van der Waals surface area contributed by atoms with Gasteiger partial charge in [-0.15, -0.1) is 0 Å². The van der Waals surface area contributed by atoms with Crippen molar-refractivity contribution >= 4 is 34.8 Å². The van der Waals surface area contributed by atoms with E-state index in [9.17, 15) is 19.1 Å². The van der Waals surface area contributed by atoms with Crippen molar-refractivity contribution in [1.82, 2.24) is 10.6 Å². The lowest BCUT2D eigenvalue weighted by Gasteiger charge is -2.56. The fraction of sp³-hybridized carbons (Fsp3) is 0.429. The van der Waals surface area contributed by atoms with E-state index in [0.717, 1.165) is 6.07 Å². The van der Waals surface area contributed by atoms with E-state index < -0.39 is 23.0 Å². The van der Waals surface area contributed by atoms with Crippen molar-refractivity contribution in [2.75, 3.05) is 6.61 Å². The zero-order valence-corrected chi connectivity index (χ0v) is 17.7. The number of nitrogens with one attached hydrogen (secondary N) is 2. The number of aliphatic hydroxyl groups excluding tert-OH is 1. The number of rotatable bonds is 6. The van der Waals surface area contributed by atoms with E-state index in [1.54, 1.807) is 11.4 Å². The number of halogens is 2. The van der Waals surface area contributed by atoms with Crippen LogP contribution in [0.4, 0.5) is 4.39 Å². The van der Waals surface area contributed by atoms with E-state index in [2.05, 4.69) is 10.6 Å². The Morgan fingerprint density at radius 2 is 2.00 bits per heavy atom. The Morgan fingerprint density at radius 1 is 1.23 bits per heavy atom. The van der Waals surface area contributed by atoms with Crippen molar-refractivity contribution in [2.45, 2.75) is 49.3 Å². The number of fused-ring (bicyclic) bond motifs is 3. The van der Waals surface area contributed by atoms with Gasteiger partial charge in [-0.1, -0.05) is 11.6 Å². The lowest BCUT2D eigenvalue weighted by Crippen LogP contribution is -2.70. The predicted molar refractivity (Wildman–Crippen MR) is 111 cm³/mol. The molecule has 5 rings (SSSR count). The Morgan fingerprint density at radius 3 is 2.63 bits per heavy atom. The maximum absolute atomic E-state index is 13.5. The summed E-state index contributed by atoms with van der Waals surface area (Å²) in [4.78, 5) is 24.9. The van der Waals surface area contributed by atoms with Gasteiger partial charge in [-0.3, -0.25) is 9.59 Å².